The molecule has 10 aromatic rings. The van der Waals surface area contributed by atoms with Crippen LogP contribution >= 0.6 is 0 Å². The van der Waals surface area contributed by atoms with Crippen molar-refractivity contribution in [3.8, 4) is 39.1 Å². The van der Waals surface area contributed by atoms with Crippen molar-refractivity contribution in [1.82, 2.24) is 4.57 Å². The van der Waals surface area contributed by atoms with Crippen LogP contribution in [0, 0.1) is 0 Å². The van der Waals surface area contributed by atoms with Gasteiger partial charge in [0.05, 0.1) is 5.52 Å². The molecular formula is C44H27NO2. The van der Waals surface area contributed by atoms with E-state index < -0.39 is 0 Å². The molecule has 3 nitrogen and oxygen atoms in total. The van der Waals surface area contributed by atoms with Gasteiger partial charge in [0.1, 0.15) is 22.3 Å². The Morgan fingerprint density at radius 1 is 0.383 bits per heavy atom. The van der Waals surface area contributed by atoms with Crippen molar-refractivity contribution < 1.29 is 8.83 Å². The van der Waals surface area contributed by atoms with Gasteiger partial charge in [-0.3, -0.25) is 0 Å². The molecule has 0 saturated carbocycles. The molecule has 0 aliphatic rings. The predicted octanol–water partition coefficient (Wildman–Crippen LogP) is 12.4. The van der Waals surface area contributed by atoms with Gasteiger partial charge >= 0.3 is 0 Å². The van der Waals surface area contributed by atoms with Crippen molar-refractivity contribution in [1.29, 1.82) is 0 Å². The number of benzene rings is 7. The average molecular weight is 602 g/mol. The van der Waals surface area contributed by atoms with E-state index in [0.29, 0.717) is 0 Å². The Labute approximate surface area is 270 Å². The summed E-state index contributed by atoms with van der Waals surface area (Å²) in [5.74, 6) is 0. The molecule has 0 spiro atoms. The number of hydrogen-bond acceptors (Lipinski definition) is 2. The molecule has 220 valence electrons. The molecule has 3 heterocycles. The quantitative estimate of drug-likeness (QED) is 0.201. The van der Waals surface area contributed by atoms with Crippen LogP contribution in [-0.4, -0.2) is 4.57 Å². The van der Waals surface area contributed by atoms with Gasteiger partial charge in [0, 0.05) is 32.8 Å². The van der Waals surface area contributed by atoms with Crippen molar-refractivity contribution in [2.24, 2.45) is 0 Å². The van der Waals surface area contributed by atoms with Crippen LogP contribution in [-0.2, 0) is 0 Å². The molecule has 3 heteroatoms. The van der Waals surface area contributed by atoms with Crippen LogP contribution in [0.5, 0.6) is 0 Å². The first kappa shape index (κ1) is 26.0. The smallest absolute Gasteiger partial charge is 0.161 e. The van der Waals surface area contributed by atoms with E-state index in [4.69, 9.17) is 8.83 Å². The Morgan fingerprint density at radius 2 is 1.04 bits per heavy atom. The molecule has 3 aromatic heterocycles. The van der Waals surface area contributed by atoms with E-state index in [1.54, 1.807) is 0 Å². The highest BCUT2D eigenvalue weighted by Gasteiger charge is 2.21. The fourth-order valence-corrected chi connectivity index (χ4v) is 7.37. The maximum absolute atomic E-state index is 6.71. The molecule has 0 amide bonds. The van der Waals surface area contributed by atoms with Crippen LogP contribution < -0.4 is 0 Å². The molecule has 47 heavy (non-hydrogen) atoms. The molecule has 0 unspecified atom stereocenters. The van der Waals surface area contributed by atoms with Crippen LogP contribution in [0.3, 0.4) is 0 Å². The molecule has 10 rings (SSSR count). The number of fused-ring (bicyclic) bond motifs is 8. The first-order valence-electron chi connectivity index (χ1n) is 15.9. The van der Waals surface area contributed by atoms with Crippen LogP contribution in [0.25, 0.3) is 94.0 Å². The molecule has 0 bridgehead atoms. The summed E-state index contributed by atoms with van der Waals surface area (Å²) in [6.45, 7) is 0. The second-order valence-corrected chi connectivity index (χ2v) is 12.1. The number of para-hydroxylation sites is 3. The van der Waals surface area contributed by atoms with Gasteiger partial charge < -0.3 is 13.4 Å². The van der Waals surface area contributed by atoms with Crippen LogP contribution in [0.1, 0.15) is 0 Å². The maximum atomic E-state index is 6.71. The molecule has 0 aliphatic carbocycles. The summed E-state index contributed by atoms with van der Waals surface area (Å²) < 4.78 is 15.6. The zero-order chi connectivity index (χ0) is 30.9. The Hall–Kier alpha value is -6.32. The lowest BCUT2D eigenvalue weighted by Gasteiger charge is -2.12. The van der Waals surface area contributed by atoms with Crippen molar-refractivity contribution in [3.63, 3.8) is 0 Å². The zero-order valence-electron chi connectivity index (χ0n) is 25.4. The summed E-state index contributed by atoms with van der Waals surface area (Å²) in [5, 5.41) is 4.45. The van der Waals surface area contributed by atoms with E-state index in [1.165, 1.54) is 0 Å². The lowest BCUT2D eigenvalue weighted by molar-refractivity contribution is 0.670. The Bertz CT molecular complexity index is 2780. The van der Waals surface area contributed by atoms with Crippen molar-refractivity contribution in [3.05, 3.63) is 164 Å². The van der Waals surface area contributed by atoms with E-state index in [2.05, 4.69) is 162 Å². The highest BCUT2D eigenvalue weighted by atomic mass is 16.3. The number of furan rings is 2. The van der Waals surface area contributed by atoms with Crippen LogP contribution in [0.2, 0.25) is 0 Å². The monoisotopic (exact) mass is 601 g/mol. The molecule has 7 aromatic carbocycles. The molecule has 0 saturated heterocycles. The van der Waals surface area contributed by atoms with E-state index in [9.17, 15) is 0 Å². The number of hydrogen-bond donors (Lipinski definition) is 0. The van der Waals surface area contributed by atoms with Gasteiger partial charge in [-0.1, -0.05) is 121 Å². The second kappa shape index (κ2) is 10.1. The Kier molecular flexibility index (Phi) is 5.57. The van der Waals surface area contributed by atoms with Gasteiger partial charge in [-0.05, 0) is 70.3 Å². The summed E-state index contributed by atoms with van der Waals surface area (Å²) in [6.07, 6.45) is 0. The molecule has 0 radical (unpaired) electrons. The second-order valence-electron chi connectivity index (χ2n) is 12.1. The largest absolute Gasteiger partial charge is 0.455 e. The van der Waals surface area contributed by atoms with Gasteiger partial charge in [0.2, 0.25) is 0 Å². The summed E-state index contributed by atoms with van der Waals surface area (Å²) in [6, 6.07) is 57.5. The fourth-order valence-electron chi connectivity index (χ4n) is 7.37. The summed E-state index contributed by atoms with van der Waals surface area (Å²) in [5.41, 5.74) is 13.7. The third kappa shape index (κ3) is 3.87. The van der Waals surface area contributed by atoms with E-state index in [-0.39, 0.29) is 0 Å². The molecule has 0 atom stereocenters. The number of rotatable bonds is 4. The minimum atomic E-state index is 0.872. The van der Waals surface area contributed by atoms with Crippen molar-refractivity contribution in [2.75, 3.05) is 0 Å². The van der Waals surface area contributed by atoms with E-state index in [1.807, 2.05) is 6.07 Å². The third-order valence-electron chi connectivity index (χ3n) is 9.43. The van der Waals surface area contributed by atoms with Crippen LogP contribution in [0.15, 0.2) is 173 Å². The SMILES string of the molecule is c1ccc(-c2cccc3c2oc2cccc(-c4ccccc4-c4ccc5c(c4)oc4c6ccccc6n(-c6ccccc6)c54)c23)cc1. The normalized spacial score (nSPS) is 11.8. The van der Waals surface area contributed by atoms with Crippen molar-refractivity contribution >= 4 is 54.9 Å². The van der Waals surface area contributed by atoms with Gasteiger partial charge in [-0.25, -0.2) is 0 Å². The Morgan fingerprint density at radius 3 is 1.91 bits per heavy atom. The summed E-state index contributed by atoms with van der Waals surface area (Å²) in [7, 11) is 0. The first-order valence-corrected chi connectivity index (χ1v) is 15.9. The summed E-state index contributed by atoms with van der Waals surface area (Å²) in [4.78, 5) is 0. The van der Waals surface area contributed by atoms with Gasteiger partial charge in [0.25, 0.3) is 0 Å². The number of aromatic nitrogens is 1. The van der Waals surface area contributed by atoms with Gasteiger partial charge in [-0.15, -0.1) is 0 Å². The highest BCUT2D eigenvalue weighted by molar-refractivity contribution is 6.18. The topological polar surface area (TPSA) is 31.2 Å². The lowest BCUT2D eigenvalue weighted by Crippen LogP contribution is -1.92. The van der Waals surface area contributed by atoms with Crippen molar-refractivity contribution in [2.45, 2.75) is 0 Å². The van der Waals surface area contributed by atoms with E-state index >= 15 is 0 Å². The predicted molar refractivity (Wildman–Crippen MR) is 194 cm³/mol. The summed E-state index contributed by atoms with van der Waals surface area (Å²) >= 11 is 0. The fraction of sp³-hybridized carbons (Fsp3) is 0. The zero-order valence-corrected chi connectivity index (χ0v) is 25.4. The standard InChI is InChI=1S/C44H27NO2/c1-3-13-28(14-4-1)32-20-11-22-37-41-34(21-12-24-39(41)46-43(32)37)33-18-8-7-17-31(33)29-25-26-36-40(27-29)47-44-35-19-9-10-23-38(35)45(42(36)44)30-15-5-2-6-16-30/h1-27H. The van der Waals surface area contributed by atoms with Crippen LogP contribution in [0.4, 0.5) is 0 Å². The third-order valence-corrected chi connectivity index (χ3v) is 9.43. The minimum absolute atomic E-state index is 0.872. The molecule has 0 fully saturated rings. The highest BCUT2D eigenvalue weighted by Crippen LogP contribution is 2.44. The lowest BCUT2D eigenvalue weighted by atomic mass is 9.91. The van der Waals surface area contributed by atoms with Gasteiger partial charge in [0.15, 0.2) is 5.58 Å². The number of nitrogens with zero attached hydrogens (tertiary/aromatic N) is 1. The maximum Gasteiger partial charge on any atom is 0.161 e. The minimum Gasteiger partial charge on any atom is -0.455 e. The molecule has 0 aliphatic heterocycles. The van der Waals surface area contributed by atoms with Gasteiger partial charge in [-0.2, -0.15) is 0 Å². The van der Waals surface area contributed by atoms with E-state index in [0.717, 1.165) is 94.0 Å². The first-order chi connectivity index (χ1) is 23.3. The Balaban J connectivity index is 1.18. The molecular weight excluding hydrogens is 574 g/mol. The average Bonchev–Trinajstić information content (AvgIpc) is 3.81. The molecule has 0 N–H and O–H groups in total.